The Morgan fingerprint density at radius 1 is 1.19 bits per heavy atom. The van der Waals surface area contributed by atoms with Gasteiger partial charge in [0.05, 0.1) is 18.7 Å². The number of halogens is 1. The van der Waals surface area contributed by atoms with Crippen LogP contribution in [0.25, 0.3) is 0 Å². The molecule has 0 saturated heterocycles. The normalized spacial score (nSPS) is 9.76. The number of hydrogen-bond donors (Lipinski definition) is 1. The third-order valence-corrected chi connectivity index (χ3v) is 2.92. The molecule has 0 bridgehead atoms. The monoisotopic (exact) mass is 303 g/mol. The molecule has 2 rings (SSSR count). The maximum Gasteiger partial charge on any atom is 0.339 e. The van der Waals surface area contributed by atoms with Crippen LogP contribution in [0.1, 0.15) is 15.9 Å². The summed E-state index contributed by atoms with van der Waals surface area (Å²) in [5.74, 6) is -0.418. The third kappa shape index (κ3) is 3.25. The summed E-state index contributed by atoms with van der Waals surface area (Å²) in [6, 6.07) is 10.8. The van der Waals surface area contributed by atoms with Crippen molar-refractivity contribution in [3.05, 3.63) is 52.5 Å². The van der Waals surface area contributed by atoms with Crippen LogP contribution in [0.3, 0.4) is 0 Å². The van der Waals surface area contributed by atoms with E-state index in [4.69, 9.17) is 31.4 Å². The fraction of sp³-hybridized carbons (Fsp3) is 0.0667. The van der Waals surface area contributed by atoms with E-state index in [1.54, 1.807) is 6.07 Å². The van der Waals surface area contributed by atoms with E-state index >= 15 is 0 Å². The Bertz CT molecular complexity index is 737. The molecule has 0 aliphatic rings. The molecule has 0 unspecified atom stereocenters. The van der Waals surface area contributed by atoms with E-state index in [-0.39, 0.29) is 11.3 Å². The summed E-state index contributed by atoms with van der Waals surface area (Å²) in [7, 11) is 1.43. The Morgan fingerprint density at radius 3 is 2.57 bits per heavy atom. The van der Waals surface area contributed by atoms with E-state index in [0.717, 1.165) is 0 Å². The van der Waals surface area contributed by atoms with Gasteiger partial charge in [-0.05, 0) is 24.3 Å². The lowest BCUT2D eigenvalue weighted by molar-refractivity contribution is 0.0694. The average Bonchev–Trinajstić information content (AvgIpc) is 2.47. The van der Waals surface area contributed by atoms with Crippen molar-refractivity contribution in [2.24, 2.45) is 0 Å². The van der Waals surface area contributed by atoms with E-state index in [1.165, 1.54) is 37.4 Å². The second-order valence-electron chi connectivity index (χ2n) is 4.03. The molecule has 106 valence electrons. The van der Waals surface area contributed by atoms with Crippen LogP contribution in [-0.4, -0.2) is 18.2 Å². The molecule has 0 spiro atoms. The minimum Gasteiger partial charge on any atom is -0.493 e. The number of hydrogen-bond acceptors (Lipinski definition) is 4. The standard InChI is InChI=1S/C15H10ClNO4/c1-20-14-6-9(8-17)2-5-12(14)21-13-7-10(16)3-4-11(13)15(18)19/h2-7H,1H3,(H,18,19). The number of rotatable bonds is 4. The number of carboxylic acids is 1. The summed E-state index contributed by atoms with van der Waals surface area (Å²) in [5.41, 5.74) is 0.384. The van der Waals surface area contributed by atoms with Crippen LogP contribution in [0.5, 0.6) is 17.2 Å². The van der Waals surface area contributed by atoms with Crippen LogP contribution in [0.15, 0.2) is 36.4 Å². The lowest BCUT2D eigenvalue weighted by Gasteiger charge is -2.12. The molecule has 0 heterocycles. The smallest absolute Gasteiger partial charge is 0.339 e. The summed E-state index contributed by atoms with van der Waals surface area (Å²) in [6.07, 6.45) is 0. The quantitative estimate of drug-likeness (QED) is 0.931. The largest absolute Gasteiger partial charge is 0.493 e. The van der Waals surface area contributed by atoms with E-state index in [9.17, 15) is 4.79 Å². The number of nitrogens with zero attached hydrogens (tertiary/aromatic N) is 1. The molecule has 2 aromatic carbocycles. The topological polar surface area (TPSA) is 79.5 Å². The zero-order chi connectivity index (χ0) is 15.4. The van der Waals surface area contributed by atoms with Crippen molar-refractivity contribution in [3.63, 3.8) is 0 Å². The lowest BCUT2D eigenvalue weighted by atomic mass is 10.2. The summed E-state index contributed by atoms with van der Waals surface area (Å²) in [4.78, 5) is 11.2. The van der Waals surface area contributed by atoms with E-state index < -0.39 is 5.97 Å². The maximum atomic E-state index is 11.2. The molecule has 0 saturated carbocycles. The van der Waals surface area contributed by atoms with Gasteiger partial charge in [-0.3, -0.25) is 0 Å². The molecular weight excluding hydrogens is 294 g/mol. The minimum atomic E-state index is -1.13. The van der Waals surface area contributed by atoms with Crippen LogP contribution >= 0.6 is 11.6 Å². The highest BCUT2D eigenvalue weighted by Crippen LogP contribution is 2.35. The Labute approximate surface area is 125 Å². The van der Waals surface area contributed by atoms with E-state index in [1.807, 2.05) is 6.07 Å². The van der Waals surface area contributed by atoms with Gasteiger partial charge in [-0.25, -0.2) is 4.79 Å². The van der Waals surface area contributed by atoms with Crippen LogP contribution in [0.2, 0.25) is 5.02 Å². The number of nitriles is 1. The highest BCUT2D eigenvalue weighted by molar-refractivity contribution is 6.30. The minimum absolute atomic E-state index is 0.0224. The molecule has 0 aliphatic heterocycles. The first-order chi connectivity index (χ1) is 10.0. The molecule has 0 aromatic heterocycles. The van der Waals surface area contributed by atoms with E-state index in [2.05, 4.69) is 0 Å². The molecule has 6 heteroatoms. The van der Waals surface area contributed by atoms with Crippen LogP contribution in [0.4, 0.5) is 0 Å². The average molecular weight is 304 g/mol. The Hall–Kier alpha value is -2.71. The van der Waals surface area contributed by atoms with Gasteiger partial charge in [-0.15, -0.1) is 0 Å². The first-order valence-electron chi connectivity index (χ1n) is 5.84. The van der Waals surface area contributed by atoms with Gasteiger partial charge in [0.2, 0.25) is 0 Å². The van der Waals surface area contributed by atoms with Crippen molar-refractivity contribution < 1.29 is 19.4 Å². The van der Waals surface area contributed by atoms with Gasteiger partial charge in [0, 0.05) is 17.2 Å². The Morgan fingerprint density at radius 2 is 1.95 bits per heavy atom. The summed E-state index contributed by atoms with van der Waals surface area (Å²) in [6.45, 7) is 0. The lowest BCUT2D eigenvalue weighted by Crippen LogP contribution is -2.00. The van der Waals surface area contributed by atoms with Crippen molar-refractivity contribution in [2.45, 2.75) is 0 Å². The van der Waals surface area contributed by atoms with Crippen LogP contribution in [0, 0.1) is 11.3 Å². The zero-order valence-corrected chi connectivity index (χ0v) is 11.7. The highest BCUT2D eigenvalue weighted by Gasteiger charge is 2.15. The summed E-state index contributed by atoms with van der Waals surface area (Å²) in [5, 5.41) is 18.3. The van der Waals surface area contributed by atoms with Crippen molar-refractivity contribution in [1.29, 1.82) is 5.26 Å². The predicted molar refractivity (Wildman–Crippen MR) is 76.2 cm³/mol. The number of carboxylic acid groups (broad SMARTS) is 1. The molecule has 0 aliphatic carbocycles. The van der Waals surface area contributed by atoms with Crippen molar-refractivity contribution in [1.82, 2.24) is 0 Å². The molecule has 0 radical (unpaired) electrons. The van der Waals surface area contributed by atoms with Crippen LogP contribution < -0.4 is 9.47 Å². The second kappa shape index (κ2) is 6.16. The number of methoxy groups -OCH3 is 1. The van der Waals surface area contributed by atoms with Gasteiger partial charge in [-0.2, -0.15) is 5.26 Å². The number of aromatic carboxylic acids is 1. The Kier molecular flexibility index (Phi) is 4.31. The fourth-order valence-corrected chi connectivity index (χ4v) is 1.86. The second-order valence-corrected chi connectivity index (χ2v) is 4.46. The van der Waals surface area contributed by atoms with Crippen molar-refractivity contribution in [3.8, 4) is 23.3 Å². The van der Waals surface area contributed by atoms with Crippen LogP contribution in [-0.2, 0) is 0 Å². The molecule has 0 fully saturated rings. The SMILES string of the molecule is COc1cc(C#N)ccc1Oc1cc(Cl)ccc1C(=O)O. The van der Waals surface area contributed by atoms with Gasteiger partial charge in [0.1, 0.15) is 11.3 Å². The van der Waals surface area contributed by atoms with E-state index in [0.29, 0.717) is 22.1 Å². The molecule has 0 amide bonds. The van der Waals surface area contributed by atoms with Gasteiger partial charge in [-0.1, -0.05) is 11.6 Å². The highest BCUT2D eigenvalue weighted by atomic mass is 35.5. The fourth-order valence-electron chi connectivity index (χ4n) is 1.70. The first kappa shape index (κ1) is 14.7. The molecule has 1 N–H and O–H groups in total. The molecular formula is C15H10ClNO4. The predicted octanol–water partition coefficient (Wildman–Crippen LogP) is 3.71. The first-order valence-corrected chi connectivity index (χ1v) is 6.21. The number of carbonyl (C=O) groups is 1. The maximum absolute atomic E-state index is 11.2. The molecule has 0 atom stereocenters. The van der Waals surface area contributed by atoms with Gasteiger partial charge in [0.25, 0.3) is 0 Å². The molecule has 5 nitrogen and oxygen atoms in total. The van der Waals surface area contributed by atoms with Crippen molar-refractivity contribution >= 4 is 17.6 Å². The molecule has 2 aromatic rings. The number of ether oxygens (including phenoxy) is 2. The summed E-state index contributed by atoms with van der Waals surface area (Å²) >= 11 is 5.86. The van der Waals surface area contributed by atoms with Gasteiger partial charge in [0.15, 0.2) is 11.5 Å². The molecule has 21 heavy (non-hydrogen) atoms. The zero-order valence-electron chi connectivity index (χ0n) is 11.0. The van der Waals surface area contributed by atoms with Gasteiger partial charge >= 0.3 is 5.97 Å². The Balaban J connectivity index is 2.45. The summed E-state index contributed by atoms with van der Waals surface area (Å²) < 4.78 is 10.7. The third-order valence-electron chi connectivity index (χ3n) is 2.69. The van der Waals surface area contributed by atoms with Crippen molar-refractivity contribution in [2.75, 3.05) is 7.11 Å². The van der Waals surface area contributed by atoms with Gasteiger partial charge < -0.3 is 14.6 Å². The number of benzene rings is 2.